The van der Waals surface area contributed by atoms with Crippen LogP contribution in [0, 0.1) is 11.7 Å². The van der Waals surface area contributed by atoms with Gasteiger partial charge in [-0.05, 0) is 42.7 Å². The van der Waals surface area contributed by atoms with E-state index in [1.54, 1.807) is 18.2 Å². The average Bonchev–Trinajstić information content (AvgIpc) is 2.78. The zero-order valence-corrected chi connectivity index (χ0v) is 13.1. The van der Waals surface area contributed by atoms with Crippen molar-refractivity contribution in [1.82, 2.24) is 4.90 Å². The molecule has 3 rings (SSSR count). The first-order valence-electron chi connectivity index (χ1n) is 7.65. The molecule has 22 heavy (non-hydrogen) atoms. The van der Waals surface area contributed by atoms with E-state index in [9.17, 15) is 14.0 Å². The maximum absolute atomic E-state index is 13.7. The quantitative estimate of drug-likeness (QED) is 0.773. The molecule has 1 heterocycles. The molecule has 5 heteroatoms. The van der Waals surface area contributed by atoms with Crippen LogP contribution in [0.15, 0.2) is 29.2 Å². The molecule has 1 aromatic rings. The van der Waals surface area contributed by atoms with E-state index in [2.05, 4.69) is 0 Å². The summed E-state index contributed by atoms with van der Waals surface area (Å²) in [5.74, 6) is -0.263. The summed E-state index contributed by atoms with van der Waals surface area (Å²) in [5.41, 5.74) is 0.339. The van der Waals surface area contributed by atoms with Crippen molar-refractivity contribution in [3.05, 3.63) is 40.6 Å². The van der Waals surface area contributed by atoms with Crippen molar-refractivity contribution in [3.63, 3.8) is 0 Å². The molecule has 3 nitrogen and oxygen atoms in total. The first-order valence-corrected chi connectivity index (χ1v) is 8.46. The van der Waals surface area contributed by atoms with Crippen LogP contribution in [-0.2, 0) is 4.79 Å². The third-order valence-electron chi connectivity index (χ3n) is 4.23. The standard InChI is InChI=1S/C17H18FNO2S/c18-14-9-5-4-8-13(14)10-15-16(20)19(17(21)22-15)11-12-6-2-1-3-7-12/h4-5,8-10,12H,1-3,6-7,11H2/b15-10+. The Morgan fingerprint density at radius 3 is 2.64 bits per heavy atom. The van der Waals surface area contributed by atoms with Crippen LogP contribution in [-0.4, -0.2) is 22.6 Å². The highest BCUT2D eigenvalue weighted by Crippen LogP contribution is 2.35. The van der Waals surface area contributed by atoms with Crippen LogP contribution in [0.2, 0.25) is 0 Å². The van der Waals surface area contributed by atoms with Crippen molar-refractivity contribution >= 4 is 29.0 Å². The van der Waals surface area contributed by atoms with Crippen LogP contribution in [0.4, 0.5) is 9.18 Å². The van der Waals surface area contributed by atoms with Crippen LogP contribution < -0.4 is 0 Å². The van der Waals surface area contributed by atoms with E-state index in [1.807, 2.05) is 0 Å². The summed E-state index contributed by atoms with van der Waals surface area (Å²) in [6.07, 6.45) is 7.22. The normalized spacial score (nSPS) is 21.9. The molecule has 0 unspecified atom stereocenters. The number of hydrogen-bond donors (Lipinski definition) is 0. The number of rotatable bonds is 3. The van der Waals surface area contributed by atoms with Gasteiger partial charge in [-0.1, -0.05) is 37.5 Å². The fraction of sp³-hybridized carbons (Fsp3) is 0.412. The summed E-state index contributed by atoms with van der Waals surface area (Å²) >= 11 is 0.906. The maximum atomic E-state index is 13.7. The van der Waals surface area contributed by atoms with Crippen LogP contribution in [0.5, 0.6) is 0 Å². The lowest BCUT2D eigenvalue weighted by Crippen LogP contribution is -2.34. The Labute approximate surface area is 133 Å². The largest absolute Gasteiger partial charge is 0.293 e. The first kappa shape index (κ1) is 15.3. The Morgan fingerprint density at radius 2 is 1.91 bits per heavy atom. The number of carbonyl (C=O) groups is 2. The van der Waals surface area contributed by atoms with Crippen molar-refractivity contribution in [2.75, 3.05) is 6.54 Å². The molecule has 0 N–H and O–H groups in total. The fourth-order valence-corrected chi connectivity index (χ4v) is 3.86. The molecule has 0 spiro atoms. The van der Waals surface area contributed by atoms with Gasteiger partial charge in [0.15, 0.2) is 0 Å². The molecule has 2 amide bonds. The number of thioether (sulfide) groups is 1. The number of amides is 2. The molecule has 1 aromatic carbocycles. The van der Waals surface area contributed by atoms with Crippen molar-refractivity contribution in [1.29, 1.82) is 0 Å². The summed E-state index contributed by atoms with van der Waals surface area (Å²) in [6.45, 7) is 0.499. The highest BCUT2D eigenvalue weighted by molar-refractivity contribution is 8.18. The van der Waals surface area contributed by atoms with Gasteiger partial charge >= 0.3 is 0 Å². The second-order valence-electron chi connectivity index (χ2n) is 5.82. The minimum Gasteiger partial charge on any atom is -0.268 e. The van der Waals surface area contributed by atoms with Crippen molar-refractivity contribution in [2.24, 2.45) is 5.92 Å². The van der Waals surface area contributed by atoms with E-state index in [4.69, 9.17) is 0 Å². The minimum atomic E-state index is -0.387. The monoisotopic (exact) mass is 319 g/mol. The third-order valence-corrected chi connectivity index (χ3v) is 5.14. The smallest absolute Gasteiger partial charge is 0.268 e. The molecule has 0 aromatic heterocycles. The van der Waals surface area contributed by atoms with E-state index in [1.165, 1.54) is 36.3 Å². The number of halogens is 1. The lowest BCUT2D eigenvalue weighted by atomic mass is 9.89. The lowest BCUT2D eigenvalue weighted by Gasteiger charge is -2.25. The molecule has 0 bridgehead atoms. The van der Waals surface area contributed by atoms with Crippen LogP contribution in [0.25, 0.3) is 6.08 Å². The summed E-state index contributed by atoms with van der Waals surface area (Å²) < 4.78 is 13.7. The Kier molecular flexibility index (Phi) is 4.62. The van der Waals surface area contributed by atoms with E-state index in [-0.39, 0.29) is 17.0 Å². The number of hydrogen-bond acceptors (Lipinski definition) is 3. The van der Waals surface area contributed by atoms with Gasteiger partial charge < -0.3 is 0 Å². The highest BCUT2D eigenvalue weighted by atomic mass is 32.2. The second-order valence-corrected chi connectivity index (χ2v) is 6.81. The van der Waals surface area contributed by atoms with E-state index >= 15 is 0 Å². The number of carbonyl (C=O) groups excluding carboxylic acids is 2. The maximum Gasteiger partial charge on any atom is 0.293 e. The van der Waals surface area contributed by atoms with E-state index < -0.39 is 0 Å². The van der Waals surface area contributed by atoms with Gasteiger partial charge in [-0.3, -0.25) is 14.5 Å². The van der Waals surface area contributed by atoms with Gasteiger partial charge in [0.1, 0.15) is 5.82 Å². The second kappa shape index (κ2) is 6.65. The third kappa shape index (κ3) is 3.24. The van der Waals surface area contributed by atoms with Gasteiger partial charge in [0.2, 0.25) is 0 Å². The van der Waals surface area contributed by atoms with Gasteiger partial charge in [0.25, 0.3) is 11.1 Å². The van der Waals surface area contributed by atoms with Crippen molar-refractivity contribution in [3.8, 4) is 0 Å². The molecule has 1 aliphatic heterocycles. The van der Waals surface area contributed by atoms with Gasteiger partial charge in [0.05, 0.1) is 4.91 Å². The Balaban J connectivity index is 1.75. The predicted molar refractivity (Wildman–Crippen MR) is 85.7 cm³/mol. The molecule has 2 aliphatic rings. The average molecular weight is 319 g/mol. The first-order chi connectivity index (χ1) is 10.6. The Hall–Kier alpha value is -1.62. The molecule has 0 atom stereocenters. The van der Waals surface area contributed by atoms with Crippen LogP contribution in [0.1, 0.15) is 37.7 Å². The van der Waals surface area contributed by atoms with Gasteiger partial charge in [-0.2, -0.15) is 0 Å². The Bertz CT molecular complexity index is 623. The predicted octanol–water partition coefficient (Wildman–Crippen LogP) is 4.44. The molecular formula is C17H18FNO2S. The Morgan fingerprint density at radius 1 is 1.18 bits per heavy atom. The van der Waals surface area contributed by atoms with Crippen LogP contribution >= 0.6 is 11.8 Å². The summed E-state index contributed by atoms with van der Waals surface area (Å²) in [6, 6.07) is 6.26. The van der Waals surface area contributed by atoms with Crippen LogP contribution in [0.3, 0.4) is 0 Å². The molecule has 116 valence electrons. The zero-order valence-electron chi connectivity index (χ0n) is 12.3. The lowest BCUT2D eigenvalue weighted by molar-refractivity contribution is -0.123. The number of benzene rings is 1. The molecule has 2 fully saturated rings. The summed E-state index contributed by atoms with van der Waals surface area (Å²) in [4.78, 5) is 26.1. The highest BCUT2D eigenvalue weighted by Gasteiger charge is 2.36. The molecular weight excluding hydrogens is 301 g/mol. The SMILES string of the molecule is O=C1S/C(=C/c2ccccc2F)C(=O)N1CC1CCCCC1. The van der Waals surface area contributed by atoms with Gasteiger partial charge in [0, 0.05) is 12.1 Å². The van der Waals surface area contributed by atoms with E-state index in [0.717, 1.165) is 24.6 Å². The summed E-state index contributed by atoms with van der Waals surface area (Å²) in [5, 5.41) is -0.238. The molecule has 1 aliphatic carbocycles. The summed E-state index contributed by atoms with van der Waals surface area (Å²) in [7, 11) is 0. The molecule has 0 radical (unpaired) electrons. The molecule has 1 saturated carbocycles. The van der Waals surface area contributed by atoms with Crippen molar-refractivity contribution < 1.29 is 14.0 Å². The minimum absolute atomic E-state index is 0.238. The number of imide groups is 1. The molecule has 1 saturated heterocycles. The van der Waals surface area contributed by atoms with Gasteiger partial charge in [-0.25, -0.2) is 4.39 Å². The van der Waals surface area contributed by atoms with Gasteiger partial charge in [-0.15, -0.1) is 0 Å². The van der Waals surface area contributed by atoms with Crippen molar-refractivity contribution in [2.45, 2.75) is 32.1 Å². The topological polar surface area (TPSA) is 37.4 Å². The number of nitrogens with zero attached hydrogens (tertiary/aromatic N) is 1. The fourth-order valence-electron chi connectivity index (χ4n) is 3.02. The zero-order chi connectivity index (χ0) is 15.5. The van der Waals surface area contributed by atoms with E-state index in [0.29, 0.717) is 22.9 Å².